The second kappa shape index (κ2) is 4.21. The van der Waals surface area contributed by atoms with E-state index in [-0.39, 0.29) is 0 Å². The van der Waals surface area contributed by atoms with Crippen LogP contribution in [-0.2, 0) is 12.8 Å². The van der Waals surface area contributed by atoms with Crippen LogP contribution < -0.4 is 14.8 Å². The number of ether oxygens (including phenoxy) is 2. The van der Waals surface area contributed by atoms with Crippen LogP contribution in [0.25, 0.3) is 10.9 Å². The van der Waals surface area contributed by atoms with Gasteiger partial charge in [-0.05, 0) is 25.5 Å². The van der Waals surface area contributed by atoms with E-state index in [0.717, 1.165) is 29.9 Å². The highest BCUT2D eigenvalue weighted by atomic mass is 16.5. The molecule has 1 aromatic heterocycles. The van der Waals surface area contributed by atoms with Gasteiger partial charge >= 0.3 is 0 Å². The van der Waals surface area contributed by atoms with Crippen molar-refractivity contribution in [2.75, 3.05) is 21.3 Å². The highest BCUT2D eigenvalue weighted by Crippen LogP contribution is 2.41. The quantitative estimate of drug-likeness (QED) is 0.869. The summed E-state index contributed by atoms with van der Waals surface area (Å²) >= 11 is 0. The van der Waals surface area contributed by atoms with Crippen molar-refractivity contribution >= 4 is 10.9 Å². The first kappa shape index (κ1) is 11.4. The van der Waals surface area contributed by atoms with E-state index in [1.807, 2.05) is 13.1 Å². The molecule has 0 saturated carbocycles. The maximum absolute atomic E-state index is 5.55. The summed E-state index contributed by atoms with van der Waals surface area (Å²) in [6.45, 7) is 0. The van der Waals surface area contributed by atoms with E-state index in [1.165, 1.54) is 16.5 Å². The summed E-state index contributed by atoms with van der Waals surface area (Å²) in [4.78, 5) is 3.33. The molecule has 1 aliphatic carbocycles. The van der Waals surface area contributed by atoms with Gasteiger partial charge in [0.2, 0.25) is 0 Å². The first-order chi connectivity index (χ1) is 8.78. The minimum atomic E-state index is 0.456. The van der Waals surface area contributed by atoms with Crippen LogP contribution in [-0.4, -0.2) is 32.3 Å². The topological polar surface area (TPSA) is 46.3 Å². The number of methoxy groups -OCH3 is 2. The minimum absolute atomic E-state index is 0.456. The van der Waals surface area contributed by atoms with Gasteiger partial charge in [0.25, 0.3) is 0 Å². The van der Waals surface area contributed by atoms with Gasteiger partial charge in [-0.3, -0.25) is 0 Å². The Bertz CT molecular complexity index is 589. The molecule has 2 aromatic rings. The normalized spacial score (nSPS) is 18.1. The second-order valence-electron chi connectivity index (χ2n) is 4.72. The summed E-state index contributed by atoms with van der Waals surface area (Å²) in [5.41, 5.74) is 3.73. The molecule has 96 valence electrons. The van der Waals surface area contributed by atoms with Gasteiger partial charge in [0.15, 0.2) is 11.5 Å². The Morgan fingerprint density at radius 2 is 2.11 bits per heavy atom. The van der Waals surface area contributed by atoms with Crippen LogP contribution in [0.3, 0.4) is 0 Å². The molecule has 0 aliphatic heterocycles. The molecule has 1 aliphatic rings. The van der Waals surface area contributed by atoms with Gasteiger partial charge in [-0.2, -0.15) is 0 Å². The van der Waals surface area contributed by atoms with Gasteiger partial charge < -0.3 is 19.8 Å². The summed E-state index contributed by atoms with van der Waals surface area (Å²) in [6, 6.07) is 2.47. The Morgan fingerprint density at radius 3 is 2.78 bits per heavy atom. The van der Waals surface area contributed by atoms with Gasteiger partial charge in [0, 0.05) is 34.8 Å². The van der Waals surface area contributed by atoms with Crippen LogP contribution in [0.5, 0.6) is 11.5 Å². The largest absolute Gasteiger partial charge is 0.493 e. The van der Waals surface area contributed by atoms with Gasteiger partial charge in [-0.1, -0.05) is 0 Å². The highest BCUT2D eigenvalue weighted by Gasteiger charge is 2.26. The highest BCUT2D eigenvalue weighted by molar-refractivity contribution is 5.91. The standard InChI is InChI=1S/C14H18N2O2/c1-15-9-4-8-7-16-11-6-12(17-2)14(18-3)10(5-9)13(8)11/h6-7,9,15-16H,4-5H2,1-3H3. The van der Waals surface area contributed by atoms with Crippen LogP contribution in [0, 0.1) is 0 Å². The van der Waals surface area contributed by atoms with Gasteiger partial charge in [0.05, 0.1) is 14.2 Å². The summed E-state index contributed by atoms with van der Waals surface area (Å²) < 4.78 is 11.0. The number of rotatable bonds is 3. The van der Waals surface area contributed by atoms with Crippen molar-refractivity contribution in [3.63, 3.8) is 0 Å². The lowest BCUT2D eigenvalue weighted by Crippen LogP contribution is -2.32. The zero-order valence-corrected chi connectivity index (χ0v) is 11.0. The summed E-state index contributed by atoms with van der Waals surface area (Å²) in [6.07, 6.45) is 4.12. The number of nitrogens with one attached hydrogen (secondary N) is 2. The predicted molar refractivity (Wildman–Crippen MR) is 71.7 cm³/mol. The Hall–Kier alpha value is -1.68. The summed E-state index contributed by atoms with van der Waals surface area (Å²) in [5, 5.41) is 4.66. The molecule has 2 N–H and O–H groups in total. The maximum Gasteiger partial charge on any atom is 0.164 e. The number of likely N-dealkylation sites (N-methyl/N-ethyl adjacent to an activating group) is 1. The van der Waals surface area contributed by atoms with Gasteiger partial charge in [-0.15, -0.1) is 0 Å². The van der Waals surface area contributed by atoms with Crippen LogP contribution in [0.15, 0.2) is 12.3 Å². The average Bonchev–Trinajstić information content (AvgIpc) is 2.82. The number of benzene rings is 1. The number of hydrogen-bond donors (Lipinski definition) is 2. The number of aromatic nitrogens is 1. The van der Waals surface area contributed by atoms with Crippen LogP contribution in [0.1, 0.15) is 11.1 Å². The Labute approximate surface area is 106 Å². The second-order valence-corrected chi connectivity index (χ2v) is 4.72. The van der Waals surface area contributed by atoms with E-state index in [0.29, 0.717) is 6.04 Å². The number of aromatic amines is 1. The van der Waals surface area contributed by atoms with Crippen LogP contribution in [0.2, 0.25) is 0 Å². The lowest BCUT2D eigenvalue weighted by molar-refractivity contribution is 0.350. The third kappa shape index (κ3) is 1.49. The van der Waals surface area contributed by atoms with E-state index in [4.69, 9.17) is 9.47 Å². The molecule has 0 spiro atoms. The van der Waals surface area contributed by atoms with E-state index < -0.39 is 0 Å². The molecule has 0 bridgehead atoms. The minimum Gasteiger partial charge on any atom is -0.493 e. The molecule has 0 radical (unpaired) electrons. The molecule has 4 heteroatoms. The monoisotopic (exact) mass is 246 g/mol. The molecule has 1 unspecified atom stereocenters. The summed E-state index contributed by atoms with van der Waals surface area (Å²) in [5.74, 6) is 1.66. The predicted octanol–water partition coefficient (Wildman–Crippen LogP) is 1.87. The van der Waals surface area contributed by atoms with Crippen molar-refractivity contribution in [3.05, 3.63) is 23.4 Å². The molecule has 1 heterocycles. The molecule has 4 nitrogen and oxygen atoms in total. The van der Waals surface area contributed by atoms with Crippen molar-refractivity contribution in [2.24, 2.45) is 0 Å². The third-order valence-electron chi connectivity index (χ3n) is 3.82. The first-order valence-electron chi connectivity index (χ1n) is 6.19. The third-order valence-corrected chi connectivity index (χ3v) is 3.82. The maximum atomic E-state index is 5.55. The van der Waals surface area contributed by atoms with Crippen LogP contribution >= 0.6 is 0 Å². The van der Waals surface area contributed by atoms with Crippen LogP contribution in [0.4, 0.5) is 0 Å². The van der Waals surface area contributed by atoms with Crippen molar-refractivity contribution in [1.82, 2.24) is 10.3 Å². The molecule has 1 aromatic carbocycles. The van der Waals surface area contributed by atoms with Gasteiger partial charge in [-0.25, -0.2) is 0 Å². The van der Waals surface area contributed by atoms with Crippen molar-refractivity contribution < 1.29 is 9.47 Å². The molecular weight excluding hydrogens is 228 g/mol. The fourth-order valence-corrected chi connectivity index (χ4v) is 2.93. The lowest BCUT2D eigenvalue weighted by atomic mass is 9.88. The SMILES string of the molecule is CNC1Cc2c[nH]c3cc(OC)c(OC)c(c23)C1. The van der Waals surface area contributed by atoms with E-state index in [1.54, 1.807) is 14.2 Å². The molecular formula is C14H18N2O2. The Morgan fingerprint density at radius 1 is 1.28 bits per heavy atom. The van der Waals surface area contributed by atoms with E-state index in [2.05, 4.69) is 16.5 Å². The molecule has 0 saturated heterocycles. The van der Waals surface area contributed by atoms with E-state index in [9.17, 15) is 0 Å². The van der Waals surface area contributed by atoms with Gasteiger partial charge in [0.1, 0.15) is 0 Å². The molecule has 18 heavy (non-hydrogen) atoms. The fourth-order valence-electron chi connectivity index (χ4n) is 2.93. The first-order valence-corrected chi connectivity index (χ1v) is 6.19. The lowest BCUT2D eigenvalue weighted by Gasteiger charge is -2.24. The average molecular weight is 246 g/mol. The Kier molecular flexibility index (Phi) is 2.67. The number of H-pyrrole nitrogens is 1. The van der Waals surface area contributed by atoms with Crippen molar-refractivity contribution in [2.45, 2.75) is 18.9 Å². The zero-order valence-electron chi connectivity index (χ0n) is 11.0. The zero-order chi connectivity index (χ0) is 12.7. The van der Waals surface area contributed by atoms with Crippen molar-refractivity contribution in [1.29, 1.82) is 0 Å². The van der Waals surface area contributed by atoms with Crippen molar-refractivity contribution in [3.8, 4) is 11.5 Å². The Balaban J connectivity index is 2.28. The van der Waals surface area contributed by atoms with E-state index >= 15 is 0 Å². The summed E-state index contributed by atoms with van der Waals surface area (Å²) in [7, 11) is 5.39. The molecule has 0 amide bonds. The molecule has 0 fully saturated rings. The fraction of sp³-hybridized carbons (Fsp3) is 0.429. The molecule has 3 rings (SSSR count). The molecule has 1 atom stereocenters. The number of hydrogen-bond acceptors (Lipinski definition) is 3. The smallest absolute Gasteiger partial charge is 0.164 e.